The van der Waals surface area contributed by atoms with Crippen molar-refractivity contribution in [3.05, 3.63) is 71.0 Å². The van der Waals surface area contributed by atoms with Crippen LogP contribution in [0.1, 0.15) is 22.8 Å². The van der Waals surface area contributed by atoms with Crippen LogP contribution in [0.15, 0.2) is 48.5 Å². The number of alkyl halides is 3. The monoisotopic (exact) mass is 385 g/mol. The summed E-state index contributed by atoms with van der Waals surface area (Å²) >= 11 is 0. The summed E-state index contributed by atoms with van der Waals surface area (Å²) in [6.45, 7) is 0. The number of carboxylic acid groups (broad SMARTS) is 1. The van der Waals surface area contributed by atoms with Crippen LogP contribution in [-0.4, -0.2) is 28.1 Å². The number of hydrogen-bond donors (Lipinski definition) is 3. The number of aliphatic hydroxyl groups excluding tert-OH is 1. The lowest BCUT2D eigenvalue weighted by Gasteiger charge is -2.18. The van der Waals surface area contributed by atoms with Crippen molar-refractivity contribution in [1.29, 1.82) is 0 Å². The normalized spacial score (nSPS) is 13.7. The summed E-state index contributed by atoms with van der Waals surface area (Å²) < 4.78 is 50.5. The maximum absolute atomic E-state index is 12.9. The minimum Gasteiger partial charge on any atom is -0.480 e. The van der Waals surface area contributed by atoms with Gasteiger partial charge in [-0.3, -0.25) is 4.79 Å². The second kappa shape index (κ2) is 8.17. The first-order valence-electron chi connectivity index (χ1n) is 7.71. The summed E-state index contributed by atoms with van der Waals surface area (Å²) in [5, 5.41) is 21.3. The lowest BCUT2D eigenvalue weighted by molar-refractivity contribution is -0.143. The van der Waals surface area contributed by atoms with Gasteiger partial charge in [0.15, 0.2) is 6.10 Å². The minimum atomic E-state index is -4.56. The highest BCUT2D eigenvalue weighted by Gasteiger charge is 2.31. The number of nitrogens with one attached hydrogen (secondary N) is 1. The molecule has 3 N–H and O–H groups in total. The van der Waals surface area contributed by atoms with Crippen molar-refractivity contribution >= 4 is 11.9 Å². The van der Waals surface area contributed by atoms with E-state index in [0.29, 0.717) is 17.7 Å². The Labute approximate surface area is 151 Å². The van der Waals surface area contributed by atoms with E-state index < -0.39 is 41.6 Å². The zero-order valence-corrected chi connectivity index (χ0v) is 13.7. The predicted octanol–water partition coefficient (Wildman–Crippen LogP) is 2.69. The van der Waals surface area contributed by atoms with Crippen LogP contribution in [-0.2, 0) is 22.2 Å². The first kappa shape index (κ1) is 20.4. The maximum Gasteiger partial charge on any atom is 0.416 e. The number of carbonyl (C=O) groups excluding carboxylic acids is 1. The summed E-state index contributed by atoms with van der Waals surface area (Å²) in [5.41, 5.74) is -0.627. The molecule has 0 spiro atoms. The van der Waals surface area contributed by atoms with Gasteiger partial charge in [0, 0.05) is 6.42 Å². The first-order chi connectivity index (χ1) is 12.6. The van der Waals surface area contributed by atoms with Crippen molar-refractivity contribution in [2.75, 3.05) is 0 Å². The van der Waals surface area contributed by atoms with E-state index in [1.807, 2.05) is 0 Å². The van der Waals surface area contributed by atoms with Crippen molar-refractivity contribution in [1.82, 2.24) is 5.32 Å². The molecule has 2 atom stereocenters. The second-order valence-corrected chi connectivity index (χ2v) is 5.75. The number of carbonyl (C=O) groups is 2. The van der Waals surface area contributed by atoms with Crippen molar-refractivity contribution < 1.29 is 37.4 Å². The average Bonchev–Trinajstić information content (AvgIpc) is 2.61. The third kappa shape index (κ3) is 5.52. The molecule has 0 unspecified atom stereocenters. The first-order valence-corrected chi connectivity index (χ1v) is 7.71. The summed E-state index contributed by atoms with van der Waals surface area (Å²) in [7, 11) is 0. The van der Waals surface area contributed by atoms with Crippen LogP contribution < -0.4 is 5.32 Å². The highest BCUT2D eigenvalue weighted by atomic mass is 19.4. The van der Waals surface area contributed by atoms with Crippen LogP contribution >= 0.6 is 0 Å². The van der Waals surface area contributed by atoms with Gasteiger partial charge in [-0.1, -0.05) is 24.3 Å². The zero-order valence-electron chi connectivity index (χ0n) is 13.7. The molecule has 0 radical (unpaired) electrons. The van der Waals surface area contributed by atoms with E-state index in [4.69, 9.17) is 0 Å². The Hall–Kier alpha value is -2.94. The predicted molar refractivity (Wildman–Crippen MR) is 86.1 cm³/mol. The number of carboxylic acids is 1. The molecular weight excluding hydrogens is 370 g/mol. The van der Waals surface area contributed by atoms with E-state index in [9.17, 15) is 37.4 Å². The molecule has 0 aromatic heterocycles. The van der Waals surface area contributed by atoms with Gasteiger partial charge in [-0.25, -0.2) is 9.18 Å². The Morgan fingerprint density at radius 1 is 1.00 bits per heavy atom. The largest absolute Gasteiger partial charge is 0.480 e. The van der Waals surface area contributed by atoms with Crippen LogP contribution in [0.25, 0.3) is 0 Å². The number of aliphatic hydroxyl groups is 1. The maximum atomic E-state index is 12.9. The van der Waals surface area contributed by atoms with Gasteiger partial charge in [0.05, 0.1) is 5.56 Å². The molecule has 2 aromatic carbocycles. The van der Waals surface area contributed by atoms with Gasteiger partial charge in [0.2, 0.25) is 0 Å². The van der Waals surface area contributed by atoms with Crippen LogP contribution in [0.2, 0.25) is 0 Å². The number of benzene rings is 2. The second-order valence-electron chi connectivity index (χ2n) is 5.75. The number of hydrogen-bond acceptors (Lipinski definition) is 3. The number of amides is 1. The third-order valence-electron chi connectivity index (χ3n) is 3.77. The molecule has 9 heteroatoms. The van der Waals surface area contributed by atoms with Crippen molar-refractivity contribution in [3.63, 3.8) is 0 Å². The van der Waals surface area contributed by atoms with E-state index in [1.165, 1.54) is 12.1 Å². The van der Waals surface area contributed by atoms with E-state index in [0.717, 1.165) is 24.3 Å². The molecule has 27 heavy (non-hydrogen) atoms. The summed E-state index contributed by atoms with van der Waals surface area (Å²) in [5.74, 6) is -2.97. The number of rotatable bonds is 6. The molecule has 2 aromatic rings. The molecule has 0 saturated heterocycles. The van der Waals surface area contributed by atoms with Gasteiger partial charge in [-0.15, -0.1) is 0 Å². The van der Waals surface area contributed by atoms with Crippen LogP contribution in [0, 0.1) is 5.82 Å². The summed E-state index contributed by atoms with van der Waals surface area (Å²) in [6.07, 6.45) is -6.57. The Kier molecular flexibility index (Phi) is 6.17. The lowest BCUT2D eigenvalue weighted by atomic mass is 10.0. The molecule has 144 valence electrons. The van der Waals surface area contributed by atoms with Crippen molar-refractivity contribution in [2.45, 2.75) is 24.7 Å². The quantitative estimate of drug-likeness (QED) is 0.668. The minimum absolute atomic E-state index is 0.119. The van der Waals surface area contributed by atoms with Crippen LogP contribution in [0.5, 0.6) is 0 Å². The van der Waals surface area contributed by atoms with Crippen molar-refractivity contribution in [3.8, 4) is 0 Å². The Morgan fingerprint density at radius 3 is 2.04 bits per heavy atom. The number of aliphatic carboxylic acids is 1. The Bertz CT molecular complexity index is 804. The Balaban J connectivity index is 2.07. The fraction of sp³-hybridized carbons (Fsp3) is 0.222. The molecule has 0 saturated carbocycles. The SMILES string of the molecule is O=C(N[C@H](Cc1ccc(F)cc1)C(=O)O)[C@@H](O)c1ccc(C(F)(F)F)cc1. The zero-order chi connectivity index (χ0) is 20.2. The van der Waals surface area contributed by atoms with Gasteiger partial charge >= 0.3 is 12.1 Å². The number of halogens is 4. The van der Waals surface area contributed by atoms with E-state index in [2.05, 4.69) is 5.32 Å². The van der Waals surface area contributed by atoms with Gasteiger partial charge in [-0.05, 0) is 35.4 Å². The molecule has 2 rings (SSSR count). The summed E-state index contributed by atoms with van der Waals surface area (Å²) in [6, 6.07) is 6.84. The smallest absolute Gasteiger partial charge is 0.416 e. The van der Waals surface area contributed by atoms with Crippen molar-refractivity contribution in [2.24, 2.45) is 0 Å². The van der Waals surface area contributed by atoms with E-state index in [-0.39, 0.29) is 12.0 Å². The molecule has 1 amide bonds. The molecule has 0 aliphatic carbocycles. The molecule has 0 aliphatic rings. The average molecular weight is 385 g/mol. The standard InChI is InChI=1S/C18H15F4NO4/c19-13-7-1-10(2-8-13)9-14(17(26)27)23-16(25)15(24)11-3-5-12(6-4-11)18(20,21)22/h1-8,14-15,24H,9H2,(H,23,25)(H,26,27)/t14-,15+/m1/s1. The van der Waals surface area contributed by atoms with E-state index in [1.54, 1.807) is 0 Å². The molecule has 0 aliphatic heterocycles. The highest BCUT2D eigenvalue weighted by molar-refractivity contribution is 5.87. The molecule has 5 nitrogen and oxygen atoms in total. The fourth-order valence-corrected chi connectivity index (χ4v) is 2.31. The fourth-order valence-electron chi connectivity index (χ4n) is 2.31. The summed E-state index contributed by atoms with van der Waals surface area (Å²) in [4.78, 5) is 23.4. The van der Waals surface area contributed by atoms with Crippen LogP contribution in [0.3, 0.4) is 0 Å². The van der Waals surface area contributed by atoms with Gasteiger partial charge in [-0.2, -0.15) is 13.2 Å². The van der Waals surface area contributed by atoms with E-state index >= 15 is 0 Å². The molecule has 0 heterocycles. The Morgan fingerprint density at radius 2 is 1.56 bits per heavy atom. The van der Waals surface area contributed by atoms with Gasteiger partial charge in [0.1, 0.15) is 11.9 Å². The van der Waals surface area contributed by atoms with Gasteiger partial charge in [0.25, 0.3) is 5.91 Å². The van der Waals surface area contributed by atoms with Gasteiger partial charge < -0.3 is 15.5 Å². The highest BCUT2D eigenvalue weighted by Crippen LogP contribution is 2.30. The lowest BCUT2D eigenvalue weighted by Crippen LogP contribution is -2.44. The topological polar surface area (TPSA) is 86.6 Å². The third-order valence-corrected chi connectivity index (χ3v) is 3.77. The molecule has 0 fully saturated rings. The van der Waals surface area contributed by atoms with Crippen LogP contribution in [0.4, 0.5) is 17.6 Å². The molecular formula is C18H15F4NO4. The molecule has 0 bridgehead atoms.